The molecular formula is C15H23NOS. The Hall–Kier alpha value is -0.510. The molecule has 0 aliphatic carbocycles. The number of hydrogen-bond acceptors (Lipinski definition) is 3. The summed E-state index contributed by atoms with van der Waals surface area (Å²) in [5.74, 6) is 1.72. The molecule has 0 aromatic heterocycles. The van der Waals surface area contributed by atoms with Crippen molar-refractivity contribution in [2.75, 3.05) is 12.4 Å². The quantitative estimate of drug-likeness (QED) is 0.858. The van der Waals surface area contributed by atoms with E-state index in [4.69, 9.17) is 0 Å². The Labute approximate surface area is 114 Å². The van der Waals surface area contributed by atoms with Crippen LogP contribution in [0.5, 0.6) is 0 Å². The zero-order valence-electron chi connectivity index (χ0n) is 11.3. The summed E-state index contributed by atoms with van der Waals surface area (Å²) in [6, 6.07) is 6.97. The van der Waals surface area contributed by atoms with Crippen molar-refractivity contribution in [3.05, 3.63) is 29.3 Å². The second-order valence-electron chi connectivity index (χ2n) is 5.31. The van der Waals surface area contributed by atoms with Gasteiger partial charge in [0.2, 0.25) is 0 Å². The van der Waals surface area contributed by atoms with Gasteiger partial charge in [-0.25, -0.2) is 0 Å². The summed E-state index contributed by atoms with van der Waals surface area (Å²) >= 11 is 1.97. The maximum absolute atomic E-state index is 9.30. The number of aliphatic hydroxyl groups is 1. The van der Waals surface area contributed by atoms with Crippen LogP contribution >= 0.6 is 11.8 Å². The van der Waals surface area contributed by atoms with Crippen molar-refractivity contribution < 1.29 is 5.11 Å². The molecule has 100 valence electrons. The van der Waals surface area contributed by atoms with Crippen LogP contribution < -0.4 is 5.32 Å². The van der Waals surface area contributed by atoms with Gasteiger partial charge >= 0.3 is 0 Å². The molecule has 1 atom stereocenters. The number of nitrogens with one attached hydrogen (secondary N) is 1. The number of hydrogen-bond donors (Lipinski definition) is 2. The first-order chi connectivity index (χ1) is 8.70. The van der Waals surface area contributed by atoms with Gasteiger partial charge < -0.3 is 10.4 Å². The molecular weight excluding hydrogens is 242 g/mol. The molecule has 2 N–H and O–H groups in total. The van der Waals surface area contributed by atoms with E-state index >= 15 is 0 Å². The van der Waals surface area contributed by atoms with Crippen LogP contribution in [0.3, 0.4) is 0 Å². The fourth-order valence-electron chi connectivity index (χ4n) is 2.28. The monoisotopic (exact) mass is 265 g/mol. The standard InChI is InChI=1S/C15H23NOS/c1-11(2)14(10-17)16-9-12-5-6-15-13(8-12)4-3-7-18-15/h5-6,8,11,14,16-17H,3-4,7,9-10H2,1-2H3. The van der Waals surface area contributed by atoms with Gasteiger partial charge in [0.05, 0.1) is 6.61 Å². The average Bonchev–Trinajstić information content (AvgIpc) is 2.39. The summed E-state index contributed by atoms with van der Waals surface area (Å²) in [7, 11) is 0. The molecule has 0 fully saturated rings. The molecule has 0 radical (unpaired) electrons. The first kappa shape index (κ1) is 13.9. The van der Waals surface area contributed by atoms with Crippen molar-refractivity contribution >= 4 is 11.8 Å². The zero-order chi connectivity index (χ0) is 13.0. The molecule has 0 spiro atoms. The van der Waals surface area contributed by atoms with E-state index in [0.29, 0.717) is 5.92 Å². The highest BCUT2D eigenvalue weighted by molar-refractivity contribution is 7.99. The Bertz CT molecular complexity index is 392. The third-order valence-corrected chi connectivity index (χ3v) is 4.74. The molecule has 0 amide bonds. The van der Waals surface area contributed by atoms with E-state index in [1.807, 2.05) is 11.8 Å². The smallest absolute Gasteiger partial charge is 0.0587 e. The third kappa shape index (κ3) is 3.50. The lowest BCUT2D eigenvalue weighted by atomic mass is 10.0. The van der Waals surface area contributed by atoms with E-state index < -0.39 is 0 Å². The fourth-order valence-corrected chi connectivity index (χ4v) is 3.30. The molecule has 0 bridgehead atoms. The number of rotatable bonds is 5. The Morgan fingerprint density at radius 3 is 2.94 bits per heavy atom. The van der Waals surface area contributed by atoms with Crippen LogP contribution in [0.2, 0.25) is 0 Å². The minimum Gasteiger partial charge on any atom is -0.395 e. The number of aryl methyl sites for hydroxylation is 1. The van der Waals surface area contributed by atoms with Gasteiger partial charge in [0.1, 0.15) is 0 Å². The molecule has 0 saturated heterocycles. The van der Waals surface area contributed by atoms with Crippen molar-refractivity contribution in [1.29, 1.82) is 0 Å². The highest BCUT2D eigenvalue weighted by Crippen LogP contribution is 2.30. The van der Waals surface area contributed by atoms with Crippen LogP contribution in [0.25, 0.3) is 0 Å². The van der Waals surface area contributed by atoms with Gasteiger partial charge in [-0.15, -0.1) is 11.8 Å². The molecule has 1 unspecified atom stereocenters. The number of fused-ring (bicyclic) bond motifs is 1. The lowest BCUT2D eigenvalue weighted by molar-refractivity contribution is 0.210. The normalized spacial score (nSPS) is 16.7. The zero-order valence-corrected chi connectivity index (χ0v) is 12.1. The molecule has 1 aliphatic heterocycles. The van der Waals surface area contributed by atoms with Crippen molar-refractivity contribution in [2.24, 2.45) is 5.92 Å². The molecule has 1 aliphatic rings. The van der Waals surface area contributed by atoms with Gasteiger partial charge in [-0.05, 0) is 41.7 Å². The van der Waals surface area contributed by atoms with Crippen LogP contribution in [0.1, 0.15) is 31.4 Å². The van der Waals surface area contributed by atoms with Gasteiger partial charge in [-0.3, -0.25) is 0 Å². The molecule has 2 rings (SSSR count). The van der Waals surface area contributed by atoms with Gasteiger partial charge in [-0.1, -0.05) is 26.0 Å². The van der Waals surface area contributed by atoms with E-state index in [1.165, 1.54) is 34.6 Å². The first-order valence-electron chi connectivity index (χ1n) is 6.79. The van der Waals surface area contributed by atoms with Gasteiger partial charge in [0.15, 0.2) is 0 Å². The number of benzene rings is 1. The van der Waals surface area contributed by atoms with Crippen LogP contribution in [0, 0.1) is 5.92 Å². The lowest BCUT2D eigenvalue weighted by Gasteiger charge is -2.21. The van der Waals surface area contributed by atoms with Gasteiger partial charge in [0.25, 0.3) is 0 Å². The summed E-state index contributed by atoms with van der Waals surface area (Å²) in [6.07, 6.45) is 2.50. The lowest BCUT2D eigenvalue weighted by Crippen LogP contribution is -2.36. The fraction of sp³-hybridized carbons (Fsp3) is 0.600. The Morgan fingerprint density at radius 1 is 1.39 bits per heavy atom. The Balaban J connectivity index is 1.97. The summed E-state index contributed by atoms with van der Waals surface area (Å²) in [4.78, 5) is 1.45. The summed E-state index contributed by atoms with van der Waals surface area (Å²) in [6.45, 7) is 5.33. The van der Waals surface area contributed by atoms with Crippen molar-refractivity contribution in [1.82, 2.24) is 5.32 Å². The highest BCUT2D eigenvalue weighted by atomic mass is 32.2. The van der Waals surface area contributed by atoms with E-state index in [-0.39, 0.29) is 12.6 Å². The Morgan fingerprint density at radius 2 is 2.22 bits per heavy atom. The summed E-state index contributed by atoms with van der Waals surface area (Å²) in [5.41, 5.74) is 2.82. The van der Waals surface area contributed by atoms with Crippen LogP contribution in [-0.2, 0) is 13.0 Å². The Kier molecular flexibility index (Phi) is 5.10. The number of aliphatic hydroxyl groups excluding tert-OH is 1. The van der Waals surface area contributed by atoms with Crippen molar-refractivity contribution in [3.8, 4) is 0 Å². The predicted octanol–water partition coefficient (Wildman–Crippen LogP) is 2.83. The minimum atomic E-state index is 0.190. The first-order valence-corrected chi connectivity index (χ1v) is 7.78. The van der Waals surface area contributed by atoms with Crippen LogP contribution in [0.15, 0.2) is 23.1 Å². The van der Waals surface area contributed by atoms with Crippen molar-refractivity contribution in [3.63, 3.8) is 0 Å². The van der Waals surface area contributed by atoms with E-state index in [1.54, 1.807) is 0 Å². The molecule has 2 nitrogen and oxygen atoms in total. The SMILES string of the molecule is CC(C)C(CO)NCc1ccc2c(c1)CCCS2. The summed E-state index contributed by atoms with van der Waals surface area (Å²) < 4.78 is 0. The second-order valence-corrected chi connectivity index (χ2v) is 6.44. The molecule has 1 heterocycles. The molecule has 3 heteroatoms. The third-order valence-electron chi connectivity index (χ3n) is 3.54. The van der Waals surface area contributed by atoms with Gasteiger partial charge in [-0.2, -0.15) is 0 Å². The van der Waals surface area contributed by atoms with Crippen LogP contribution in [0.4, 0.5) is 0 Å². The highest BCUT2D eigenvalue weighted by Gasteiger charge is 2.13. The molecule has 18 heavy (non-hydrogen) atoms. The largest absolute Gasteiger partial charge is 0.395 e. The summed E-state index contributed by atoms with van der Waals surface area (Å²) in [5, 5.41) is 12.7. The minimum absolute atomic E-state index is 0.190. The van der Waals surface area contributed by atoms with E-state index in [9.17, 15) is 5.11 Å². The molecule has 1 aromatic rings. The average molecular weight is 265 g/mol. The predicted molar refractivity (Wildman–Crippen MR) is 78.0 cm³/mol. The maximum atomic E-state index is 9.30. The number of thioether (sulfide) groups is 1. The molecule has 1 aromatic carbocycles. The van der Waals surface area contributed by atoms with E-state index in [2.05, 4.69) is 37.4 Å². The van der Waals surface area contributed by atoms with E-state index in [0.717, 1.165) is 6.54 Å². The maximum Gasteiger partial charge on any atom is 0.0587 e. The topological polar surface area (TPSA) is 32.3 Å². The second kappa shape index (κ2) is 6.60. The van der Waals surface area contributed by atoms with Gasteiger partial charge in [0, 0.05) is 17.5 Å². The van der Waals surface area contributed by atoms with Crippen LogP contribution in [-0.4, -0.2) is 23.5 Å². The van der Waals surface area contributed by atoms with Crippen molar-refractivity contribution in [2.45, 2.75) is 44.2 Å². The molecule has 0 saturated carbocycles.